The molecular formula is C27H25N3O7. The predicted octanol–water partition coefficient (Wildman–Crippen LogP) is 4.57. The number of carbonyl (C=O) groups excluding carboxylic acids is 3. The van der Waals surface area contributed by atoms with Crippen molar-refractivity contribution in [3.63, 3.8) is 0 Å². The van der Waals surface area contributed by atoms with E-state index in [4.69, 9.17) is 0 Å². The van der Waals surface area contributed by atoms with Gasteiger partial charge in [0, 0.05) is 22.2 Å². The highest BCUT2D eigenvalue weighted by atomic mass is 16.4. The Bertz CT molecular complexity index is 1320. The quantitative estimate of drug-likeness (QED) is 0.315. The summed E-state index contributed by atoms with van der Waals surface area (Å²) in [5.41, 5.74) is -0.867. The van der Waals surface area contributed by atoms with Crippen LogP contribution >= 0.6 is 0 Å². The Balaban J connectivity index is 2.00. The molecule has 5 N–H and O–H groups in total. The van der Waals surface area contributed by atoms with Crippen molar-refractivity contribution in [2.45, 2.75) is 20.8 Å². The zero-order chi connectivity index (χ0) is 27.3. The number of hydrogen-bond acceptors (Lipinski definition) is 5. The number of carboxylic acid groups (broad SMARTS) is 2. The maximum absolute atomic E-state index is 13.1. The van der Waals surface area contributed by atoms with Gasteiger partial charge in [0.2, 0.25) is 5.91 Å². The second-order valence-electron chi connectivity index (χ2n) is 9.11. The minimum Gasteiger partial charge on any atom is -0.478 e. The van der Waals surface area contributed by atoms with Crippen molar-refractivity contribution in [3.05, 3.63) is 89.0 Å². The summed E-state index contributed by atoms with van der Waals surface area (Å²) in [6.45, 7) is 5.08. The van der Waals surface area contributed by atoms with E-state index in [0.29, 0.717) is 0 Å². The number of anilines is 3. The Morgan fingerprint density at radius 3 is 1.41 bits per heavy atom. The zero-order valence-corrected chi connectivity index (χ0v) is 20.3. The third kappa shape index (κ3) is 6.57. The van der Waals surface area contributed by atoms with E-state index >= 15 is 0 Å². The smallest absolute Gasteiger partial charge is 0.337 e. The summed E-state index contributed by atoms with van der Waals surface area (Å²) >= 11 is 0. The Hall–Kier alpha value is -4.99. The highest BCUT2D eigenvalue weighted by Gasteiger charge is 2.23. The number of carboxylic acids is 2. The summed E-state index contributed by atoms with van der Waals surface area (Å²) in [6.07, 6.45) is 0. The van der Waals surface area contributed by atoms with Crippen LogP contribution < -0.4 is 16.0 Å². The lowest BCUT2D eigenvalue weighted by molar-refractivity contribution is -0.123. The molecule has 0 spiro atoms. The van der Waals surface area contributed by atoms with E-state index in [2.05, 4.69) is 16.0 Å². The Morgan fingerprint density at radius 2 is 1.03 bits per heavy atom. The standard InChI is InChI=1S/C27H25N3O7/c1-27(2,3)26(37)28-17-13-15(22(31)29-20-10-6-4-8-18(20)24(33)34)12-16(14-17)23(32)30-21-11-7-5-9-19(21)25(35)36/h4-14H,1-3H3,(H,28,37)(H,29,31)(H,30,32)(H,33,34)(H,35,36). The van der Waals surface area contributed by atoms with Gasteiger partial charge in [-0.1, -0.05) is 45.0 Å². The average Bonchev–Trinajstić information content (AvgIpc) is 2.83. The molecule has 0 unspecified atom stereocenters. The summed E-state index contributed by atoms with van der Waals surface area (Å²) in [5, 5.41) is 26.5. The molecule has 0 fully saturated rings. The van der Waals surface area contributed by atoms with Crippen LogP contribution in [0, 0.1) is 5.41 Å². The first-order valence-corrected chi connectivity index (χ1v) is 11.1. The second kappa shape index (κ2) is 10.7. The van der Waals surface area contributed by atoms with Crippen molar-refractivity contribution >= 4 is 46.7 Å². The maximum Gasteiger partial charge on any atom is 0.337 e. The number of hydrogen-bond donors (Lipinski definition) is 5. The van der Waals surface area contributed by atoms with Crippen LogP contribution in [0.1, 0.15) is 62.2 Å². The van der Waals surface area contributed by atoms with Gasteiger partial charge in [0.05, 0.1) is 22.5 Å². The fourth-order valence-corrected chi connectivity index (χ4v) is 3.23. The minimum atomic E-state index is -1.24. The van der Waals surface area contributed by atoms with Crippen LogP contribution in [0.15, 0.2) is 66.7 Å². The molecule has 0 heterocycles. The van der Waals surface area contributed by atoms with Crippen molar-refractivity contribution in [2.75, 3.05) is 16.0 Å². The summed E-state index contributed by atoms with van der Waals surface area (Å²) in [7, 11) is 0. The Kier molecular flexibility index (Phi) is 7.72. The van der Waals surface area contributed by atoms with Crippen LogP contribution in [-0.4, -0.2) is 39.9 Å². The van der Waals surface area contributed by atoms with Gasteiger partial charge in [0.25, 0.3) is 11.8 Å². The van der Waals surface area contributed by atoms with Crippen LogP contribution in [0.4, 0.5) is 17.1 Å². The molecule has 0 aliphatic carbocycles. The van der Waals surface area contributed by atoms with Crippen LogP contribution in [0.5, 0.6) is 0 Å². The van der Waals surface area contributed by atoms with Crippen LogP contribution in [0.3, 0.4) is 0 Å². The topological polar surface area (TPSA) is 162 Å². The number of amides is 3. The SMILES string of the molecule is CC(C)(C)C(=O)Nc1cc(C(=O)Nc2ccccc2C(=O)O)cc(C(=O)Nc2ccccc2C(=O)O)c1. The van der Waals surface area contributed by atoms with Gasteiger partial charge < -0.3 is 26.2 Å². The molecule has 190 valence electrons. The maximum atomic E-state index is 13.1. The molecule has 3 rings (SSSR count). The molecule has 3 aromatic rings. The van der Waals surface area contributed by atoms with Crippen molar-refractivity contribution in [2.24, 2.45) is 5.41 Å². The molecule has 0 aromatic heterocycles. The Morgan fingerprint density at radius 1 is 0.622 bits per heavy atom. The second-order valence-corrected chi connectivity index (χ2v) is 9.11. The van der Waals surface area contributed by atoms with E-state index in [1.807, 2.05) is 0 Å². The molecule has 0 aliphatic rings. The number of aromatic carboxylic acids is 2. The average molecular weight is 504 g/mol. The predicted molar refractivity (Wildman–Crippen MR) is 137 cm³/mol. The molecule has 0 atom stereocenters. The van der Waals surface area contributed by atoms with Gasteiger partial charge in [0.1, 0.15) is 0 Å². The third-order valence-electron chi connectivity index (χ3n) is 5.21. The first-order valence-electron chi connectivity index (χ1n) is 11.1. The number of carbonyl (C=O) groups is 5. The Labute approximate surface area is 212 Å². The van der Waals surface area contributed by atoms with Gasteiger partial charge in [-0.3, -0.25) is 14.4 Å². The molecule has 10 heteroatoms. The van der Waals surface area contributed by atoms with E-state index < -0.39 is 29.2 Å². The van der Waals surface area contributed by atoms with Crippen molar-refractivity contribution < 1.29 is 34.2 Å². The van der Waals surface area contributed by atoms with Crippen LogP contribution in [-0.2, 0) is 4.79 Å². The first-order chi connectivity index (χ1) is 17.4. The molecule has 10 nitrogen and oxygen atoms in total. The van der Waals surface area contributed by atoms with Crippen molar-refractivity contribution in [1.82, 2.24) is 0 Å². The molecule has 0 saturated heterocycles. The van der Waals surface area contributed by atoms with Gasteiger partial charge in [0.15, 0.2) is 0 Å². The van der Waals surface area contributed by atoms with E-state index in [-0.39, 0.29) is 45.2 Å². The monoisotopic (exact) mass is 503 g/mol. The minimum absolute atomic E-state index is 0.0384. The molecule has 37 heavy (non-hydrogen) atoms. The van der Waals surface area contributed by atoms with E-state index in [0.717, 1.165) is 0 Å². The third-order valence-corrected chi connectivity index (χ3v) is 5.21. The lowest BCUT2D eigenvalue weighted by Crippen LogP contribution is -2.28. The van der Waals surface area contributed by atoms with E-state index in [9.17, 15) is 34.2 Å². The number of benzene rings is 3. The molecule has 0 bridgehead atoms. The fraction of sp³-hybridized carbons (Fsp3) is 0.148. The van der Waals surface area contributed by atoms with Gasteiger partial charge in [-0.05, 0) is 42.5 Å². The lowest BCUT2D eigenvalue weighted by Gasteiger charge is -2.19. The highest BCUT2D eigenvalue weighted by molar-refractivity contribution is 6.12. The summed E-state index contributed by atoms with van der Waals surface area (Å²) < 4.78 is 0. The van der Waals surface area contributed by atoms with E-state index in [1.54, 1.807) is 32.9 Å². The van der Waals surface area contributed by atoms with Gasteiger partial charge >= 0.3 is 11.9 Å². The van der Waals surface area contributed by atoms with Crippen LogP contribution in [0.25, 0.3) is 0 Å². The first kappa shape index (κ1) is 26.6. The van der Waals surface area contributed by atoms with Gasteiger partial charge in [-0.2, -0.15) is 0 Å². The lowest BCUT2D eigenvalue weighted by atomic mass is 9.95. The number of rotatable bonds is 7. The summed E-state index contributed by atoms with van der Waals surface area (Å²) in [5.74, 6) is -4.29. The fourth-order valence-electron chi connectivity index (χ4n) is 3.23. The largest absolute Gasteiger partial charge is 0.478 e. The van der Waals surface area contributed by atoms with E-state index in [1.165, 1.54) is 54.6 Å². The molecule has 3 aromatic carbocycles. The molecule has 0 radical (unpaired) electrons. The molecule has 3 amide bonds. The zero-order valence-electron chi connectivity index (χ0n) is 20.3. The summed E-state index contributed by atoms with van der Waals surface area (Å²) in [4.78, 5) is 61.7. The van der Waals surface area contributed by atoms with Gasteiger partial charge in [-0.25, -0.2) is 9.59 Å². The number of para-hydroxylation sites is 2. The summed E-state index contributed by atoms with van der Waals surface area (Å²) in [6, 6.07) is 15.6. The highest BCUT2D eigenvalue weighted by Crippen LogP contribution is 2.23. The molecular weight excluding hydrogens is 478 g/mol. The molecule has 0 aliphatic heterocycles. The van der Waals surface area contributed by atoms with Gasteiger partial charge in [-0.15, -0.1) is 0 Å². The van der Waals surface area contributed by atoms with Crippen molar-refractivity contribution in [3.8, 4) is 0 Å². The normalized spacial score (nSPS) is 10.8. The molecule has 0 saturated carbocycles. The van der Waals surface area contributed by atoms with Crippen molar-refractivity contribution in [1.29, 1.82) is 0 Å². The number of nitrogens with one attached hydrogen (secondary N) is 3. The van der Waals surface area contributed by atoms with Crippen LogP contribution in [0.2, 0.25) is 0 Å².